The number of rotatable bonds is 6. The molecule has 294 valence electrons. The Balaban J connectivity index is 0.874. The van der Waals surface area contributed by atoms with Crippen molar-refractivity contribution in [3.05, 3.63) is 200 Å². The van der Waals surface area contributed by atoms with Crippen LogP contribution in [0.3, 0.4) is 0 Å². The van der Waals surface area contributed by atoms with Gasteiger partial charge >= 0.3 is 0 Å². The molecule has 0 spiro atoms. The molecule has 0 bridgehead atoms. The number of nitrogens with zero attached hydrogens (tertiary/aromatic N) is 3. The lowest BCUT2D eigenvalue weighted by Gasteiger charge is -2.10. The highest BCUT2D eigenvalue weighted by Crippen LogP contribution is 2.37. The lowest BCUT2D eigenvalue weighted by molar-refractivity contribution is 0.668. The maximum Gasteiger partial charge on any atom is 0.164 e. The Morgan fingerprint density at radius 1 is 0.206 bits per heavy atom. The highest BCUT2D eigenvalue weighted by Gasteiger charge is 2.16. The maximum absolute atomic E-state index is 6.10. The van der Waals surface area contributed by atoms with Gasteiger partial charge in [-0.15, -0.1) is 0 Å². The molecule has 4 aromatic heterocycles. The fraction of sp³-hybridized carbons (Fsp3) is 0. The van der Waals surface area contributed by atoms with Gasteiger partial charge in [-0.05, 0) is 88.0 Å². The average molecular weight is 808 g/mol. The fourth-order valence-electron chi connectivity index (χ4n) is 8.92. The summed E-state index contributed by atoms with van der Waals surface area (Å²) in [6, 6.07) is 68.9. The van der Waals surface area contributed by atoms with Gasteiger partial charge in [0.05, 0.1) is 0 Å². The molecule has 6 nitrogen and oxygen atoms in total. The van der Waals surface area contributed by atoms with Gasteiger partial charge in [0.15, 0.2) is 17.5 Å². The summed E-state index contributed by atoms with van der Waals surface area (Å²) in [6.07, 6.45) is 0. The van der Waals surface area contributed by atoms with Gasteiger partial charge in [0.1, 0.15) is 33.5 Å². The Bertz CT molecular complexity index is 3480. The number of para-hydroxylation sites is 3. The first-order chi connectivity index (χ1) is 31.1. The highest BCUT2D eigenvalue weighted by molar-refractivity contribution is 6.08. The quantitative estimate of drug-likeness (QED) is 0.166. The van der Waals surface area contributed by atoms with Crippen molar-refractivity contribution in [2.75, 3.05) is 0 Å². The maximum atomic E-state index is 6.10. The van der Waals surface area contributed by atoms with Crippen LogP contribution in [-0.4, -0.2) is 15.0 Å². The topological polar surface area (TPSA) is 78.1 Å². The van der Waals surface area contributed by atoms with Gasteiger partial charge in [-0.2, -0.15) is 0 Å². The van der Waals surface area contributed by atoms with Crippen LogP contribution in [0.1, 0.15) is 0 Å². The molecule has 0 unspecified atom stereocenters. The Morgan fingerprint density at radius 3 is 0.746 bits per heavy atom. The van der Waals surface area contributed by atoms with E-state index in [2.05, 4.69) is 146 Å². The molecule has 4 heterocycles. The van der Waals surface area contributed by atoms with E-state index in [1.165, 1.54) is 0 Å². The number of fused-ring (bicyclic) bond motifs is 9. The first-order valence-electron chi connectivity index (χ1n) is 21.0. The van der Waals surface area contributed by atoms with E-state index in [1.54, 1.807) is 0 Å². The van der Waals surface area contributed by atoms with Crippen molar-refractivity contribution in [1.82, 2.24) is 15.0 Å². The first-order valence-corrected chi connectivity index (χ1v) is 21.0. The monoisotopic (exact) mass is 807 g/mol. The molecule has 63 heavy (non-hydrogen) atoms. The average Bonchev–Trinajstić information content (AvgIpc) is 4.04. The van der Waals surface area contributed by atoms with Crippen LogP contribution in [0.5, 0.6) is 0 Å². The molecule has 0 saturated heterocycles. The van der Waals surface area contributed by atoms with Crippen LogP contribution in [0.2, 0.25) is 0 Å². The summed E-state index contributed by atoms with van der Waals surface area (Å²) in [6.45, 7) is 0. The van der Waals surface area contributed by atoms with Crippen LogP contribution in [-0.2, 0) is 0 Å². The van der Waals surface area contributed by atoms with Crippen LogP contribution >= 0.6 is 0 Å². The summed E-state index contributed by atoms with van der Waals surface area (Å²) in [7, 11) is 0. The zero-order chi connectivity index (χ0) is 41.4. The van der Waals surface area contributed by atoms with Crippen molar-refractivity contribution in [2.45, 2.75) is 0 Å². The second-order valence-corrected chi connectivity index (χ2v) is 16.0. The zero-order valence-electron chi connectivity index (χ0n) is 33.6. The Labute approximate surface area is 360 Å². The van der Waals surface area contributed by atoms with E-state index in [-0.39, 0.29) is 0 Å². The Kier molecular flexibility index (Phi) is 7.80. The molecule has 0 aliphatic heterocycles. The van der Waals surface area contributed by atoms with Crippen LogP contribution in [0.25, 0.3) is 133 Å². The van der Waals surface area contributed by atoms with Gasteiger partial charge < -0.3 is 13.3 Å². The van der Waals surface area contributed by atoms with Crippen molar-refractivity contribution in [1.29, 1.82) is 0 Å². The van der Waals surface area contributed by atoms with Gasteiger partial charge in [0, 0.05) is 49.0 Å². The standard InChI is InChI=1S/C57H33N3O3/c1-4-10-49-43(7-1)46-31-40(25-28-52(46)61-49)34-13-19-37(20-14-34)55-58-56(38-21-15-35(16-22-38)41-26-29-53-47(32-41)44-8-2-5-11-50(44)62-53)60-57(59-55)39-23-17-36(18-24-39)42-27-30-54-48(33-42)45-9-3-6-12-51(45)63-54/h1-33H. The van der Waals surface area contributed by atoms with Gasteiger partial charge in [0.25, 0.3) is 0 Å². The third kappa shape index (κ3) is 5.99. The van der Waals surface area contributed by atoms with Crippen molar-refractivity contribution >= 4 is 65.8 Å². The summed E-state index contributed by atoms with van der Waals surface area (Å²) < 4.78 is 18.3. The van der Waals surface area contributed by atoms with Gasteiger partial charge in [-0.3, -0.25) is 0 Å². The molecule has 9 aromatic carbocycles. The van der Waals surface area contributed by atoms with Crippen molar-refractivity contribution in [3.8, 4) is 67.5 Å². The van der Waals surface area contributed by atoms with Gasteiger partial charge in [-0.25, -0.2) is 15.0 Å². The van der Waals surface area contributed by atoms with E-state index < -0.39 is 0 Å². The number of furan rings is 3. The molecule has 0 saturated carbocycles. The summed E-state index contributed by atoms with van der Waals surface area (Å²) in [5.41, 5.74) is 14.6. The fourth-order valence-corrected chi connectivity index (χ4v) is 8.92. The SMILES string of the molecule is c1ccc2c(c1)oc1ccc(-c3ccc(-c4nc(-c5ccc(-c6ccc7oc8ccccc8c7c6)cc5)nc(-c5ccc(-c6ccc7oc8ccccc8c7c6)cc5)n4)cc3)cc12. The second-order valence-electron chi connectivity index (χ2n) is 16.0. The minimum absolute atomic E-state index is 0.598. The predicted octanol–water partition coefficient (Wildman–Crippen LogP) is 15.6. The molecule has 13 aromatic rings. The highest BCUT2D eigenvalue weighted by atomic mass is 16.3. The molecule has 0 aliphatic carbocycles. The minimum Gasteiger partial charge on any atom is -0.456 e. The van der Waals surface area contributed by atoms with Crippen molar-refractivity contribution in [3.63, 3.8) is 0 Å². The summed E-state index contributed by atoms with van der Waals surface area (Å²) in [4.78, 5) is 15.3. The van der Waals surface area contributed by atoms with E-state index in [1.807, 2.05) is 54.6 Å². The molecular weight excluding hydrogens is 775 g/mol. The lowest BCUT2D eigenvalue weighted by Crippen LogP contribution is -2.00. The lowest BCUT2D eigenvalue weighted by atomic mass is 10.0. The molecular formula is C57H33N3O3. The van der Waals surface area contributed by atoms with Gasteiger partial charge in [-0.1, -0.05) is 146 Å². The molecule has 0 aliphatic rings. The molecule has 0 radical (unpaired) electrons. The second kappa shape index (κ2) is 14.0. The van der Waals surface area contributed by atoms with E-state index in [0.717, 1.165) is 116 Å². The van der Waals surface area contributed by atoms with E-state index in [4.69, 9.17) is 28.2 Å². The number of benzene rings is 9. The minimum atomic E-state index is 0.598. The van der Waals surface area contributed by atoms with Gasteiger partial charge in [0.2, 0.25) is 0 Å². The molecule has 13 rings (SSSR count). The summed E-state index contributed by atoms with van der Waals surface area (Å²) >= 11 is 0. The Morgan fingerprint density at radius 2 is 0.444 bits per heavy atom. The molecule has 0 amide bonds. The predicted molar refractivity (Wildman–Crippen MR) is 254 cm³/mol. The van der Waals surface area contributed by atoms with Crippen LogP contribution in [0.15, 0.2) is 213 Å². The normalized spacial score (nSPS) is 11.8. The van der Waals surface area contributed by atoms with Crippen molar-refractivity contribution < 1.29 is 13.3 Å². The van der Waals surface area contributed by atoms with E-state index in [9.17, 15) is 0 Å². The molecule has 0 atom stereocenters. The number of hydrogen-bond acceptors (Lipinski definition) is 6. The molecule has 6 heteroatoms. The van der Waals surface area contributed by atoms with E-state index >= 15 is 0 Å². The van der Waals surface area contributed by atoms with Crippen LogP contribution in [0.4, 0.5) is 0 Å². The summed E-state index contributed by atoms with van der Waals surface area (Å²) in [5, 5.41) is 6.62. The number of aromatic nitrogens is 3. The van der Waals surface area contributed by atoms with E-state index in [0.29, 0.717) is 17.5 Å². The third-order valence-corrected chi connectivity index (χ3v) is 12.2. The first kappa shape index (κ1) is 35.2. The van der Waals surface area contributed by atoms with Crippen LogP contribution in [0, 0.1) is 0 Å². The Hall–Kier alpha value is -8.61. The number of hydrogen-bond donors (Lipinski definition) is 0. The van der Waals surface area contributed by atoms with Crippen molar-refractivity contribution in [2.24, 2.45) is 0 Å². The largest absolute Gasteiger partial charge is 0.456 e. The molecule has 0 fully saturated rings. The third-order valence-electron chi connectivity index (χ3n) is 12.2. The van der Waals surface area contributed by atoms with Crippen LogP contribution < -0.4 is 0 Å². The molecule has 0 N–H and O–H groups in total. The smallest absolute Gasteiger partial charge is 0.164 e. The zero-order valence-corrected chi connectivity index (χ0v) is 33.6. The summed E-state index contributed by atoms with van der Waals surface area (Å²) in [5.74, 6) is 1.79.